The second kappa shape index (κ2) is 10.6. The topological polar surface area (TPSA) is 49.9 Å². The number of nitrogens with zero attached hydrogens (tertiary/aromatic N) is 2. The van der Waals surface area contributed by atoms with E-state index in [4.69, 9.17) is 4.74 Å². The average molecular weight is 300 g/mol. The zero-order valence-electron chi connectivity index (χ0n) is 14.5. The van der Waals surface area contributed by atoms with E-state index >= 15 is 0 Å². The van der Waals surface area contributed by atoms with Crippen LogP contribution < -0.4 is 0 Å². The maximum Gasteiger partial charge on any atom is 0.222 e. The van der Waals surface area contributed by atoms with Crippen molar-refractivity contribution in [3.05, 3.63) is 0 Å². The summed E-state index contributed by atoms with van der Waals surface area (Å²) in [4.78, 5) is 25.9. The second-order valence-electron chi connectivity index (χ2n) is 6.48. The van der Waals surface area contributed by atoms with Crippen LogP contribution in [-0.2, 0) is 14.3 Å². The lowest BCUT2D eigenvalue weighted by atomic mass is 10.1. The summed E-state index contributed by atoms with van der Waals surface area (Å²) in [5.74, 6) is 1.42. The van der Waals surface area contributed by atoms with E-state index in [-0.39, 0.29) is 11.8 Å². The Morgan fingerprint density at radius 3 is 1.81 bits per heavy atom. The number of amides is 2. The van der Waals surface area contributed by atoms with Gasteiger partial charge in [-0.3, -0.25) is 9.59 Å². The smallest absolute Gasteiger partial charge is 0.222 e. The standard InChI is InChI=1S/C9H17NO2.C7H15NO/c1-8(2)7-9(11)10-3-5-12-6-4-10;1-6(2)5-7(9)8(3)4/h8H,3-7H2,1-2H3;6H,5H2,1-4H3. The van der Waals surface area contributed by atoms with Gasteiger partial charge >= 0.3 is 0 Å². The predicted octanol–water partition coefficient (Wildman–Crippen LogP) is 2.01. The largest absolute Gasteiger partial charge is 0.378 e. The normalized spacial score (nSPS) is 14.8. The first kappa shape index (κ1) is 19.9. The van der Waals surface area contributed by atoms with Gasteiger partial charge in [-0.25, -0.2) is 0 Å². The summed E-state index contributed by atoms with van der Waals surface area (Å²) >= 11 is 0. The summed E-state index contributed by atoms with van der Waals surface area (Å²) in [7, 11) is 3.56. The van der Waals surface area contributed by atoms with Crippen LogP contribution in [0, 0.1) is 11.8 Å². The van der Waals surface area contributed by atoms with Crippen molar-refractivity contribution in [3.8, 4) is 0 Å². The zero-order chi connectivity index (χ0) is 16.4. The molecule has 21 heavy (non-hydrogen) atoms. The van der Waals surface area contributed by atoms with Gasteiger partial charge < -0.3 is 14.5 Å². The molecule has 0 atom stereocenters. The van der Waals surface area contributed by atoms with E-state index in [1.54, 1.807) is 19.0 Å². The molecule has 1 aliphatic rings. The number of ether oxygens (including phenoxy) is 1. The quantitative estimate of drug-likeness (QED) is 0.798. The fourth-order valence-corrected chi connectivity index (χ4v) is 1.82. The molecule has 0 saturated carbocycles. The summed E-state index contributed by atoms with van der Waals surface area (Å²) in [5, 5.41) is 0. The van der Waals surface area contributed by atoms with Gasteiger partial charge in [0, 0.05) is 40.0 Å². The lowest BCUT2D eigenvalue weighted by molar-refractivity contribution is -0.136. The molecule has 0 bridgehead atoms. The van der Waals surface area contributed by atoms with Crippen molar-refractivity contribution in [2.75, 3.05) is 40.4 Å². The molecule has 0 spiro atoms. The van der Waals surface area contributed by atoms with Crippen molar-refractivity contribution in [1.82, 2.24) is 9.80 Å². The van der Waals surface area contributed by atoms with Crippen LogP contribution in [0.15, 0.2) is 0 Å². The molecule has 1 aliphatic heterocycles. The van der Waals surface area contributed by atoms with Crippen molar-refractivity contribution >= 4 is 11.8 Å². The van der Waals surface area contributed by atoms with Crippen LogP contribution in [0.5, 0.6) is 0 Å². The highest BCUT2D eigenvalue weighted by atomic mass is 16.5. The van der Waals surface area contributed by atoms with Crippen molar-refractivity contribution in [3.63, 3.8) is 0 Å². The first-order valence-corrected chi connectivity index (χ1v) is 7.79. The maximum atomic E-state index is 11.5. The SMILES string of the molecule is CC(C)CC(=O)N(C)C.CC(C)CC(=O)N1CCOCC1. The van der Waals surface area contributed by atoms with Crippen LogP contribution >= 0.6 is 0 Å². The first-order valence-electron chi connectivity index (χ1n) is 7.79. The number of carbonyl (C=O) groups excluding carboxylic acids is 2. The van der Waals surface area contributed by atoms with E-state index in [1.807, 2.05) is 18.7 Å². The second-order valence-corrected chi connectivity index (χ2v) is 6.48. The van der Waals surface area contributed by atoms with Gasteiger partial charge in [0.1, 0.15) is 0 Å². The van der Waals surface area contributed by atoms with Gasteiger partial charge in [0.2, 0.25) is 11.8 Å². The van der Waals surface area contributed by atoms with Crippen LogP contribution in [-0.4, -0.2) is 62.0 Å². The molecule has 2 amide bonds. The molecule has 0 aromatic carbocycles. The Kier molecular flexibility index (Phi) is 10.0. The third-order valence-electron chi connectivity index (χ3n) is 3.03. The van der Waals surface area contributed by atoms with Gasteiger partial charge in [-0.05, 0) is 11.8 Å². The number of morpholine rings is 1. The lowest BCUT2D eigenvalue weighted by Crippen LogP contribution is -2.41. The summed E-state index contributed by atoms with van der Waals surface area (Å²) in [6, 6.07) is 0. The molecule has 5 nitrogen and oxygen atoms in total. The summed E-state index contributed by atoms with van der Waals surface area (Å²) < 4.78 is 5.16. The molecule has 1 heterocycles. The Balaban J connectivity index is 0.000000400. The molecule has 0 radical (unpaired) electrons. The van der Waals surface area contributed by atoms with E-state index in [2.05, 4.69) is 13.8 Å². The van der Waals surface area contributed by atoms with Crippen LogP contribution in [0.25, 0.3) is 0 Å². The summed E-state index contributed by atoms with van der Waals surface area (Å²) in [6.45, 7) is 11.2. The Morgan fingerprint density at radius 1 is 1.00 bits per heavy atom. The van der Waals surface area contributed by atoms with Gasteiger partial charge in [0.25, 0.3) is 0 Å². The molecule has 0 aromatic rings. The molecule has 1 saturated heterocycles. The van der Waals surface area contributed by atoms with E-state index in [1.165, 1.54) is 0 Å². The Hall–Kier alpha value is -1.10. The molecule has 1 rings (SSSR count). The fourth-order valence-electron chi connectivity index (χ4n) is 1.82. The molecule has 0 N–H and O–H groups in total. The molecule has 0 aliphatic carbocycles. The minimum atomic E-state index is 0.213. The first-order chi connectivity index (χ1) is 9.73. The third kappa shape index (κ3) is 10.3. The minimum absolute atomic E-state index is 0.213. The van der Waals surface area contributed by atoms with E-state index < -0.39 is 0 Å². The molecule has 0 aromatic heterocycles. The van der Waals surface area contributed by atoms with Crippen LogP contribution in [0.2, 0.25) is 0 Å². The van der Waals surface area contributed by atoms with Gasteiger partial charge in [0.15, 0.2) is 0 Å². The van der Waals surface area contributed by atoms with Gasteiger partial charge in [-0.2, -0.15) is 0 Å². The molecular formula is C16H32N2O3. The Labute approximate surface area is 129 Å². The minimum Gasteiger partial charge on any atom is -0.378 e. The van der Waals surface area contributed by atoms with E-state index in [0.717, 1.165) is 13.1 Å². The van der Waals surface area contributed by atoms with E-state index in [9.17, 15) is 9.59 Å². The van der Waals surface area contributed by atoms with Gasteiger partial charge in [0.05, 0.1) is 13.2 Å². The van der Waals surface area contributed by atoms with Crippen LogP contribution in [0.4, 0.5) is 0 Å². The highest BCUT2D eigenvalue weighted by molar-refractivity contribution is 5.76. The van der Waals surface area contributed by atoms with E-state index in [0.29, 0.717) is 37.9 Å². The highest BCUT2D eigenvalue weighted by Crippen LogP contribution is 2.06. The number of rotatable bonds is 4. The number of hydrogen-bond donors (Lipinski definition) is 0. The summed E-state index contributed by atoms with van der Waals surface area (Å²) in [5.41, 5.74) is 0. The third-order valence-corrected chi connectivity index (χ3v) is 3.03. The number of carbonyl (C=O) groups is 2. The van der Waals surface area contributed by atoms with Crippen LogP contribution in [0.3, 0.4) is 0 Å². The molecular weight excluding hydrogens is 268 g/mol. The number of hydrogen-bond acceptors (Lipinski definition) is 3. The zero-order valence-corrected chi connectivity index (χ0v) is 14.5. The van der Waals surface area contributed by atoms with Crippen molar-refractivity contribution < 1.29 is 14.3 Å². The molecule has 5 heteroatoms. The van der Waals surface area contributed by atoms with Crippen molar-refractivity contribution in [2.24, 2.45) is 11.8 Å². The highest BCUT2D eigenvalue weighted by Gasteiger charge is 2.16. The summed E-state index contributed by atoms with van der Waals surface area (Å²) in [6.07, 6.45) is 1.33. The van der Waals surface area contributed by atoms with Crippen molar-refractivity contribution in [2.45, 2.75) is 40.5 Å². The molecule has 124 valence electrons. The van der Waals surface area contributed by atoms with Crippen LogP contribution in [0.1, 0.15) is 40.5 Å². The maximum absolute atomic E-state index is 11.5. The van der Waals surface area contributed by atoms with Gasteiger partial charge in [-0.1, -0.05) is 27.7 Å². The fraction of sp³-hybridized carbons (Fsp3) is 0.875. The Morgan fingerprint density at radius 2 is 1.48 bits per heavy atom. The lowest BCUT2D eigenvalue weighted by Gasteiger charge is -2.27. The predicted molar refractivity (Wildman–Crippen MR) is 85.0 cm³/mol. The average Bonchev–Trinajstić information content (AvgIpc) is 2.38. The molecule has 0 unspecified atom stereocenters. The Bertz CT molecular complexity index is 309. The molecule has 1 fully saturated rings. The van der Waals surface area contributed by atoms with Gasteiger partial charge in [-0.15, -0.1) is 0 Å². The monoisotopic (exact) mass is 300 g/mol. The van der Waals surface area contributed by atoms with Crippen molar-refractivity contribution in [1.29, 1.82) is 0 Å².